The molecular formula is C14H9ClF3N3O3S2. The second kappa shape index (κ2) is 6.89. The fourth-order valence-electron chi connectivity index (χ4n) is 1.98. The van der Waals surface area contributed by atoms with E-state index >= 15 is 0 Å². The number of alkyl halides is 3. The zero-order valence-electron chi connectivity index (χ0n) is 12.8. The maximum atomic E-state index is 12.6. The average Bonchev–Trinajstić information content (AvgIpc) is 3.13. The van der Waals surface area contributed by atoms with Crippen molar-refractivity contribution in [2.45, 2.75) is 11.1 Å². The monoisotopic (exact) mass is 423 g/mol. The van der Waals surface area contributed by atoms with Gasteiger partial charge in [0.2, 0.25) is 0 Å². The summed E-state index contributed by atoms with van der Waals surface area (Å²) < 4.78 is 58.6. The molecule has 2 aromatic heterocycles. The van der Waals surface area contributed by atoms with Crippen molar-refractivity contribution in [2.24, 2.45) is 0 Å². The molecule has 0 bridgehead atoms. The van der Waals surface area contributed by atoms with Crippen LogP contribution in [0, 0.1) is 0 Å². The Balaban J connectivity index is 1.80. The SMILES string of the molecule is COc1ccc(Cl)c(S(=O)NC(=O)c2cn3cc(C(F)(F)F)sc3n2)c1. The van der Waals surface area contributed by atoms with Crippen LogP contribution in [0.1, 0.15) is 15.4 Å². The van der Waals surface area contributed by atoms with E-state index in [2.05, 4.69) is 9.71 Å². The lowest BCUT2D eigenvalue weighted by Gasteiger charge is -2.07. The number of aromatic nitrogens is 2. The molecule has 2 heterocycles. The Morgan fingerprint density at radius 2 is 2.12 bits per heavy atom. The van der Waals surface area contributed by atoms with E-state index in [9.17, 15) is 22.2 Å². The van der Waals surface area contributed by atoms with E-state index in [1.165, 1.54) is 19.2 Å². The Bertz CT molecular complexity index is 984. The van der Waals surface area contributed by atoms with Crippen LogP contribution in [0.4, 0.5) is 13.2 Å². The summed E-state index contributed by atoms with van der Waals surface area (Å²) >= 11 is 6.36. The molecule has 6 nitrogen and oxygen atoms in total. The molecule has 3 rings (SSSR count). The van der Waals surface area contributed by atoms with Gasteiger partial charge in [0.15, 0.2) is 15.9 Å². The Labute approximate surface area is 156 Å². The number of carbonyl (C=O) groups excluding carboxylic acids is 1. The first-order valence-electron chi connectivity index (χ1n) is 6.81. The Hall–Kier alpha value is -2.11. The van der Waals surface area contributed by atoms with Crippen molar-refractivity contribution in [2.75, 3.05) is 7.11 Å². The molecule has 12 heteroatoms. The van der Waals surface area contributed by atoms with Gasteiger partial charge in [-0.15, -0.1) is 0 Å². The molecular weight excluding hydrogens is 415 g/mol. The number of methoxy groups -OCH3 is 1. The summed E-state index contributed by atoms with van der Waals surface area (Å²) in [5.74, 6) is -0.416. The standard InChI is InChI=1S/C14H9ClF3N3O3S2/c1-24-7-2-3-8(15)10(4-7)26(23)20-12(22)9-5-21-6-11(14(16,17)18)25-13(21)19-9/h2-6H,1H3,(H,20,22). The third kappa shape index (κ3) is 3.69. The lowest BCUT2D eigenvalue weighted by molar-refractivity contribution is -0.134. The maximum absolute atomic E-state index is 12.6. The molecule has 0 spiro atoms. The number of amides is 1. The second-order valence-electron chi connectivity index (χ2n) is 4.91. The predicted molar refractivity (Wildman–Crippen MR) is 89.9 cm³/mol. The van der Waals surface area contributed by atoms with E-state index in [1.807, 2.05) is 0 Å². The van der Waals surface area contributed by atoms with Gasteiger partial charge in [-0.1, -0.05) is 22.9 Å². The van der Waals surface area contributed by atoms with Crippen LogP contribution in [-0.2, 0) is 17.2 Å². The molecule has 0 fully saturated rings. The van der Waals surface area contributed by atoms with Crippen LogP contribution >= 0.6 is 22.9 Å². The van der Waals surface area contributed by atoms with Crippen molar-refractivity contribution in [1.29, 1.82) is 0 Å². The molecule has 0 aliphatic carbocycles. The number of nitrogens with zero attached hydrogens (tertiary/aromatic N) is 2. The lowest BCUT2D eigenvalue weighted by Crippen LogP contribution is -2.26. The van der Waals surface area contributed by atoms with Crippen LogP contribution < -0.4 is 9.46 Å². The van der Waals surface area contributed by atoms with Crippen molar-refractivity contribution >= 4 is 44.8 Å². The molecule has 0 aliphatic heterocycles. The summed E-state index contributed by atoms with van der Waals surface area (Å²) in [6, 6.07) is 4.43. The van der Waals surface area contributed by atoms with E-state index in [0.717, 1.165) is 16.8 Å². The molecule has 1 unspecified atom stereocenters. The number of carbonyl (C=O) groups is 1. The maximum Gasteiger partial charge on any atom is 0.427 e. The van der Waals surface area contributed by atoms with Crippen LogP contribution in [0.25, 0.3) is 4.96 Å². The van der Waals surface area contributed by atoms with E-state index in [4.69, 9.17) is 16.3 Å². The zero-order chi connectivity index (χ0) is 19.1. The summed E-state index contributed by atoms with van der Waals surface area (Å²) in [4.78, 5) is 15.3. The topological polar surface area (TPSA) is 72.7 Å². The number of imidazole rings is 1. The van der Waals surface area contributed by atoms with Gasteiger partial charge in [0.1, 0.15) is 16.3 Å². The van der Waals surface area contributed by atoms with Gasteiger partial charge in [0, 0.05) is 12.4 Å². The number of hydrogen-bond acceptors (Lipinski definition) is 5. The molecule has 138 valence electrons. The van der Waals surface area contributed by atoms with Crippen molar-refractivity contribution in [3.05, 3.63) is 46.2 Å². The van der Waals surface area contributed by atoms with Crippen LogP contribution in [0.3, 0.4) is 0 Å². The number of hydrogen-bond donors (Lipinski definition) is 1. The zero-order valence-corrected chi connectivity index (χ0v) is 15.2. The quantitative estimate of drug-likeness (QED) is 0.696. The van der Waals surface area contributed by atoms with Gasteiger partial charge in [-0.2, -0.15) is 13.2 Å². The molecule has 26 heavy (non-hydrogen) atoms. The largest absolute Gasteiger partial charge is 0.497 e. The van der Waals surface area contributed by atoms with E-state index in [1.54, 1.807) is 6.07 Å². The third-order valence-corrected chi connectivity index (χ3v) is 5.78. The molecule has 0 saturated carbocycles. The average molecular weight is 424 g/mol. The van der Waals surface area contributed by atoms with Gasteiger partial charge in [0.05, 0.1) is 17.0 Å². The highest BCUT2D eigenvalue weighted by molar-refractivity contribution is 7.83. The molecule has 1 amide bonds. The summed E-state index contributed by atoms with van der Waals surface area (Å²) in [6.07, 6.45) is -2.53. The first-order valence-corrected chi connectivity index (χ1v) is 9.15. The number of halogens is 4. The van der Waals surface area contributed by atoms with Crippen LogP contribution in [-0.4, -0.2) is 26.6 Å². The van der Waals surface area contributed by atoms with Gasteiger partial charge in [-0.25, -0.2) is 9.19 Å². The molecule has 1 atom stereocenters. The minimum atomic E-state index is -4.49. The summed E-state index contributed by atoms with van der Waals surface area (Å²) in [5, 5.41) is 0.157. The van der Waals surface area contributed by atoms with E-state index in [0.29, 0.717) is 17.1 Å². The minimum absolute atomic E-state index is 0.00679. The number of benzene rings is 1. The van der Waals surface area contributed by atoms with Gasteiger partial charge in [0.25, 0.3) is 5.91 Å². The Kier molecular flexibility index (Phi) is 4.95. The van der Waals surface area contributed by atoms with Gasteiger partial charge in [-0.05, 0) is 18.2 Å². The minimum Gasteiger partial charge on any atom is -0.497 e. The number of fused-ring (bicyclic) bond motifs is 1. The molecule has 1 N–H and O–H groups in total. The normalized spacial score (nSPS) is 13.0. The second-order valence-corrected chi connectivity index (χ2v) is 7.50. The smallest absolute Gasteiger partial charge is 0.427 e. The van der Waals surface area contributed by atoms with E-state index < -0.39 is 27.9 Å². The highest BCUT2D eigenvalue weighted by Gasteiger charge is 2.33. The molecule has 3 aromatic rings. The highest BCUT2D eigenvalue weighted by atomic mass is 35.5. The lowest BCUT2D eigenvalue weighted by atomic mass is 10.3. The van der Waals surface area contributed by atoms with Crippen molar-refractivity contribution in [1.82, 2.24) is 14.1 Å². The highest BCUT2D eigenvalue weighted by Crippen LogP contribution is 2.34. The summed E-state index contributed by atoms with van der Waals surface area (Å²) in [6.45, 7) is 0. The van der Waals surface area contributed by atoms with Crippen LogP contribution in [0.15, 0.2) is 35.5 Å². The van der Waals surface area contributed by atoms with Crippen LogP contribution in [0.5, 0.6) is 5.75 Å². The fourth-order valence-corrected chi connectivity index (χ4v) is 3.99. The van der Waals surface area contributed by atoms with Gasteiger partial charge < -0.3 is 4.74 Å². The van der Waals surface area contributed by atoms with Gasteiger partial charge in [-0.3, -0.25) is 13.9 Å². The van der Waals surface area contributed by atoms with Crippen molar-refractivity contribution in [3.8, 4) is 5.75 Å². The van der Waals surface area contributed by atoms with Crippen LogP contribution in [0.2, 0.25) is 5.02 Å². The summed E-state index contributed by atoms with van der Waals surface area (Å²) in [5.41, 5.74) is -0.169. The first-order chi connectivity index (χ1) is 12.2. The van der Waals surface area contributed by atoms with E-state index in [-0.39, 0.29) is 20.6 Å². The molecule has 0 aliphatic rings. The Morgan fingerprint density at radius 1 is 1.38 bits per heavy atom. The van der Waals surface area contributed by atoms with Crippen molar-refractivity contribution in [3.63, 3.8) is 0 Å². The molecule has 1 aromatic carbocycles. The number of nitrogens with one attached hydrogen (secondary N) is 1. The number of thiazole rings is 1. The first kappa shape index (κ1) is 18.7. The summed E-state index contributed by atoms with van der Waals surface area (Å²) in [7, 11) is -0.585. The molecule has 0 saturated heterocycles. The third-order valence-electron chi connectivity index (χ3n) is 3.19. The number of rotatable bonds is 4. The Morgan fingerprint density at radius 3 is 2.73 bits per heavy atom. The van der Waals surface area contributed by atoms with Gasteiger partial charge >= 0.3 is 6.18 Å². The fraction of sp³-hybridized carbons (Fsp3) is 0.143. The molecule has 0 radical (unpaired) electrons. The van der Waals surface area contributed by atoms with Crippen molar-refractivity contribution < 1.29 is 26.9 Å². The predicted octanol–water partition coefficient (Wildman–Crippen LogP) is 3.53. The number of ether oxygens (including phenoxy) is 1.